The molecule has 0 amide bonds. The Kier molecular flexibility index (Phi) is 6.10. The Morgan fingerprint density at radius 2 is 1.55 bits per heavy atom. The molecule has 0 aliphatic heterocycles. The van der Waals surface area contributed by atoms with Gasteiger partial charge < -0.3 is 10.2 Å². The molecular weight excluding hydrogens is 288 g/mol. The Bertz CT molecular complexity index is 581. The number of thiocarbonyl (C=S) groups is 1. The van der Waals surface area contributed by atoms with Gasteiger partial charge in [-0.05, 0) is 11.1 Å². The van der Waals surface area contributed by atoms with E-state index in [0.29, 0.717) is 0 Å². The molecule has 116 valence electrons. The van der Waals surface area contributed by atoms with Crippen molar-refractivity contribution in [2.24, 2.45) is 5.92 Å². The monoisotopic (exact) mass is 312 g/mol. The molecule has 2 aromatic rings. The van der Waals surface area contributed by atoms with Gasteiger partial charge >= 0.3 is 0 Å². The van der Waals surface area contributed by atoms with E-state index >= 15 is 0 Å². The topological polar surface area (TPSA) is 15.3 Å². The van der Waals surface area contributed by atoms with Gasteiger partial charge in [-0.15, -0.1) is 0 Å². The number of hydrogen-bond acceptors (Lipinski definition) is 2. The van der Waals surface area contributed by atoms with Crippen LogP contribution in [0.4, 0.5) is 0 Å². The Labute approximate surface area is 139 Å². The fourth-order valence-electron chi connectivity index (χ4n) is 2.62. The molecule has 2 nitrogen and oxygen atoms in total. The molecule has 2 atom stereocenters. The molecule has 0 bridgehead atoms. The molecule has 0 aliphatic rings. The Morgan fingerprint density at radius 3 is 2.09 bits per heavy atom. The molecule has 2 unspecified atom stereocenters. The lowest BCUT2D eigenvalue weighted by molar-refractivity contribution is 0.436. The molecule has 0 radical (unpaired) electrons. The van der Waals surface area contributed by atoms with E-state index < -0.39 is 0 Å². The van der Waals surface area contributed by atoms with Crippen molar-refractivity contribution in [2.75, 3.05) is 14.1 Å². The Morgan fingerprint density at radius 1 is 1.00 bits per heavy atom. The highest BCUT2D eigenvalue weighted by atomic mass is 32.1. The highest BCUT2D eigenvalue weighted by molar-refractivity contribution is 7.80. The summed E-state index contributed by atoms with van der Waals surface area (Å²) in [7, 11) is 4.02. The van der Waals surface area contributed by atoms with Gasteiger partial charge in [0.25, 0.3) is 0 Å². The molecule has 2 aromatic carbocycles. The third-order valence-electron chi connectivity index (χ3n) is 3.86. The van der Waals surface area contributed by atoms with Crippen molar-refractivity contribution in [1.82, 2.24) is 10.2 Å². The summed E-state index contributed by atoms with van der Waals surface area (Å²) in [6.07, 6.45) is 0. The molecule has 22 heavy (non-hydrogen) atoms. The zero-order chi connectivity index (χ0) is 15.9. The first-order chi connectivity index (χ1) is 10.6. The summed E-state index contributed by atoms with van der Waals surface area (Å²) in [6, 6.07) is 21.2. The van der Waals surface area contributed by atoms with Gasteiger partial charge in [-0.1, -0.05) is 79.8 Å². The summed E-state index contributed by atoms with van der Waals surface area (Å²) >= 11 is 5.59. The van der Waals surface area contributed by atoms with E-state index in [-0.39, 0.29) is 12.0 Å². The van der Waals surface area contributed by atoms with E-state index in [9.17, 15) is 0 Å². The van der Waals surface area contributed by atoms with Crippen LogP contribution >= 0.6 is 12.2 Å². The molecule has 0 aliphatic carbocycles. The zero-order valence-electron chi connectivity index (χ0n) is 13.5. The molecule has 0 saturated heterocycles. The van der Waals surface area contributed by atoms with Crippen LogP contribution in [0.2, 0.25) is 0 Å². The summed E-state index contributed by atoms with van der Waals surface area (Å²) in [5.41, 5.74) is 2.56. The van der Waals surface area contributed by atoms with E-state index in [1.807, 2.05) is 31.1 Å². The van der Waals surface area contributed by atoms with Crippen molar-refractivity contribution in [3.63, 3.8) is 0 Å². The lowest BCUT2D eigenvalue weighted by Crippen LogP contribution is -2.36. The van der Waals surface area contributed by atoms with Crippen LogP contribution in [-0.2, 0) is 6.54 Å². The summed E-state index contributed by atoms with van der Waals surface area (Å²) < 4.78 is 0. The van der Waals surface area contributed by atoms with Gasteiger partial charge in [0.1, 0.15) is 0 Å². The molecule has 0 spiro atoms. The smallest absolute Gasteiger partial charge is 0.0821 e. The molecule has 2 rings (SSSR count). The van der Waals surface area contributed by atoms with Crippen molar-refractivity contribution in [3.05, 3.63) is 71.8 Å². The number of nitrogens with zero attached hydrogens (tertiary/aromatic N) is 1. The van der Waals surface area contributed by atoms with Gasteiger partial charge in [0.15, 0.2) is 0 Å². The first-order valence-electron chi connectivity index (χ1n) is 7.63. The fourth-order valence-corrected chi connectivity index (χ4v) is 2.75. The lowest BCUT2D eigenvalue weighted by atomic mass is 9.93. The van der Waals surface area contributed by atoms with E-state index in [0.717, 1.165) is 11.5 Å². The highest BCUT2D eigenvalue weighted by Crippen LogP contribution is 2.24. The van der Waals surface area contributed by atoms with Crippen molar-refractivity contribution < 1.29 is 0 Å². The van der Waals surface area contributed by atoms with Crippen LogP contribution in [0.25, 0.3) is 0 Å². The predicted molar refractivity (Wildman–Crippen MR) is 97.9 cm³/mol. The summed E-state index contributed by atoms with van der Waals surface area (Å²) in [6.45, 7) is 3.03. The molecular formula is C19H24N2S. The molecule has 0 heterocycles. The van der Waals surface area contributed by atoms with Crippen LogP contribution in [0.15, 0.2) is 60.7 Å². The standard InChI is InChI=1S/C19H24N2S/c1-15(19(22)21(2)3)18(17-12-8-5-9-13-17)20-14-16-10-6-4-7-11-16/h4-13,15,18,20H,14H2,1-3H3. The van der Waals surface area contributed by atoms with Gasteiger partial charge in [-0.25, -0.2) is 0 Å². The number of hydrogen-bond donors (Lipinski definition) is 1. The maximum absolute atomic E-state index is 5.59. The number of nitrogens with one attached hydrogen (secondary N) is 1. The quantitative estimate of drug-likeness (QED) is 0.810. The lowest BCUT2D eigenvalue weighted by Gasteiger charge is -2.29. The van der Waals surface area contributed by atoms with E-state index in [4.69, 9.17) is 12.2 Å². The van der Waals surface area contributed by atoms with E-state index in [1.165, 1.54) is 11.1 Å². The molecule has 1 N–H and O–H groups in total. The van der Waals surface area contributed by atoms with Gasteiger partial charge in [-0.3, -0.25) is 0 Å². The van der Waals surface area contributed by atoms with E-state index in [1.54, 1.807) is 0 Å². The molecule has 0 aromatic heterocycles. The van der Waals surface area contributed by atoms with Gasteiger partial charge in [0, 0.05) is 32.6 Å². The summed E-state index contributed by atoms with van der Waals surface area (Å²) in [4.78, 5) is 2.99. The van der Waals surface area contributed by atoms with Crippen LogP contribution in [-0.4, -0.2) is 24.0 Å². The first kappa shape index (κ1) is 16.7. The summed E-state index contributed by atoms with van der Waals surface area (Å²) in [5.74, 6) is 0.246. The van der Waals surface area contributed by atoms with Crippen LogP contribution in [0, 0.1) is 5.92 Å². The Hall–Kier alpha value is -1.71. The van der Waals surface area contributed by atoms with Gasteiger partial charge in [0.05, 0.1) is 4.99 Å². The third-order valence-corrected chi connectivity index (χ3v) is 4.59. The van der Waals surface area contributed by atoms with Crippen molar-refractivity contribution >= 4 is 17.2 Å². The average molecular weight is 312 g/mol. The molecule has 0 saturated carbocycles. The second-order valence-corrected chi connectivity index (χ2v) is 6.19. The number of rotatable bonds is 6. The van der Waals surface area contributed by atoms with Gasteiger partial charge in [-0.2, -0.15) is 0 Å². The zero-order valence-corrected chi connectivity index (χ0v) is 14.3. The number of benzene rings is 2. The Balaban J connectivity index is 2.17. The molecule has 0 fully saturated rings. The SMILES string of the molecule is CC(C(=S)N(C)C)C(NCc1ccccc1)c1ccccc1. The van der Waals surface area contributed by atoms with Crippen LogP contribution < -0.4 is 5.32 Å². The third kappa shape index (κ3) is 4.39. The maximum atomic E-state index is 5.59. The van der Waals surface area contributed by atoms with E-state index in [2.05, 4.69) is 60.8 Å². The van der Waals surface area contributed by atoms with Gasteiger partial charge in [0.2, 0.25) is 0 Å². The summed E-state index contributed by atoms with van der Waals surface area (Å²) in [5, 5.41) is 3.67. The predicted octanol–water partition coefficient (Wildman–Crippen LogP) is 4.04. The second-order valence-electron chi connectivity index (χ2n) is 5.78. The minimum atomic E-state index is 0.205. The van der Waals surface area contributed by atoms with Crippen molar-refractivity contribution in [2.45, 2.75) is 19.5 Å². The largest absolute Gasteiger partial charge is 0.372 e. The van der Waals surface area contributed by atoms with Crippen LogP contribution in [0.3, 0.4) is 0 Å². The van der Waals surface area contributed by atoms with Crippen LogP contribution in [0.1, 0.15) is 24.1 Å². The minimum Gasteiger partial charge on any atom is -0.372 e. The fraction of sp³-hybridized carbons (Fsp3) is 0.316. The second kappa shape index (κ2) is 8.06. The average Bonchev–Trinajstić information content (AvgIpc) is 2.56. The van der Waals surface area contributed by atoms with Crippen molar-refractivity contribution in [3.8, 4) is 0 Å². The van der Waals surface area contributed by atoms with Crippen molar-refractivity contribution in [1.29, 1.82) is 0 Å². The molecule has 3 heteroatoms. The first-order valence-corrected chi connectivity index (χ1v) is 8.04. The highest BCUT2D eigenvalue weighted by Gasteiger charge is 2.23. The maximum Gasteiger partial charge on any atom is 0.0821 e. The normalized spacial score (nSPS) is 13.4. The van der Waals surface area contributed by atoms with Crippen LogP contribution in [0.5, 0.6) is 0 Å². The minimum absolute atomic E-state index is 0.205.